The molecule has 2 aromatic rings. The summed E-state index contributed by atoms with van der Waals surface area (Å²) in [5, 5.41) is 3.41. The molecule has 3 rings (SSSR count). The van der Waals surface area contributed by atoms with Crippen molar-refractivity contribution in [1.82, 2.24) is 10.2 Å². The lowest BCUT2D eigenvalue weighted by Crippen LogP contribution is -2.46. The smallest absolute Gasteiger partial charge is 0.350 e. The molecule has 0 bridgehead atoms. The predicted octanol–water partition coefficient (Wildman–Crippen LogP) is 4.21. The second kappa shape index (κ2) is 8.86. The number of rotatable bonds is 5. The summed E-state index contributed by atoms with van der Waals surface area (Å²) in [6.45, 7) is 0.721. The highest BCUT2D eigenvalue weighted by Gasteiger charge is 2.34. The van der Waals surface area contributed by atoms with Gasteiger partial charge in [0.2, 0.25) is 11.8 Å². The molecule has 1 aliphatic heterocycles. The van der Waals surface area contributed by atoms with Gasteiger partial charge in [0.15, 0.2) is 0 Å². The Morgan fingerprint density at radius 2 is 1.83 bits per heavy atom. The number of likely N-dealkylation sites (tertiary alicyclic amines) is 1. The van der Waals surface area contributed by atoms with Crippen molar-refractivity contribution in [3.8, 4) is 0 Å². The van der Waals surface area contributed by atoms with Crippen LogP contribution in [0, 0.1) is 0 Å². The first-order valence-corrected chi connectivity index (χ1v) is 9.59. The van der Waals surface area contributed by atoms with Gasteiger partial charge in [-0.05, 0) is 42.2 Å². The lowest BCUT2D eigenvalue weighted by Gasteiger charge is -2.24. The van der Waals surface area contributed by atoms with Gasteiger partial charge >= 0.3 is 6.18 Å². The van der Waals surface area contributed by atoms with Crippen LogP contribution in [0.2, 0.25) is 5.02 Å². The van der Waals surface area contributed by atoms with Gasteiger partial charge in [0, 0.05) is 18.1 Å². The summed E-state index contributed by atoms with van der Waals surface area (Å²) in [6.07, 6.45) is -3.43. The van der Waals surface area contributed by atoms with Crippen molar-refractivity contribution in [2.24, 2.45) is 0 Å². The zero-order valence-corrected chi connectivity index (χ0v) is 16.3. The summed E-state index contributed by atoms with van der Waals surface area (Å²) in [7, 11) is 0. The molecule has 0 radical (unpaired) electrons. The number of halogens is 4. The average molecular weight is 425 g/mol. The minimum Gasteiger partial charge on any atom is -0.350 e. The normalized spacial score (nSPS) is 16.7. The number of nitrogens with zero attached hydrogens (tertiary/aromatic N) is 1. The summed E-state index contributed by atoms with van der Waals surface area (Å²) in [4.78, 5) is 26.7. The minimum atomic E-state index is -4.46. The van der Waals surface area contributed by atoms with E-state index in [0.717, 1.165) is 17.7 Å². The molecule has 2 aromatic carbocycles. The molecule has 1 heterocycles. The summed E-state index contributed by atoms with van der Waals surface area (Å²) < 4.78 is 38.6. The Bertz CT molecular complexity index is 884. The Labute approximate surface area is 171 Å². The molecule has 0 spiro atoms. The van der Waals surface area contributed by atoms with E-state index >= 15 is 0 Å². The number of carbonyl (C=O) groups excluding carboxylic acids is 2. The van der Waals surface area contributed by atoms with E-state index in [1.807, 2.05) is 0 Å². The standard InChI is InChI=1S/C21H20ClF3N2O2/c22-17-8-6-14(7-9-17)13-26-20(29)18-5-2-10-27(18)19(28)12-15-3-1-4-16(11-15)21(23,24)25/h1,3-4,6-9,11,18H,2,5,10,12-13H2,(H,26,29)/t18-/m0/s1. The second-order valence-electron chi connectivity index (χ2n) is 6.96. The third-order valence-corrected chi connectivity index (χ3v) is 5.12. The van der Waals surface area contributed by atoms with Gasteiger partial charge in [-0.1, -0.05) is 41.9 Å². The highest BCUT2D eigenvalue weighted by Crippen LogP contribution is 2.30. The molecule has 8 heteroatoms. The third kappa shape index (κ3) is 5.50. The fourth-order valence-corrected chi connectivity index (χ4v) is 3.51. The number of alkyl halides is 3. The molecular weight excluding hydrogens is 405 g/mol. The van der Waals surface area contributed by atoms with Gasteiger partial charge < -0.3 is 10.2 Å². The van der Waals surface area contributed by atoms with E-state index in [4.69, 9.17) is 11.6 Å². The Balaban J connectivity index is 1.61. The highest BCUT2D eigenvalue weighted by molar-refractivity contribution is 6.30. The van der Waals surface area contributed by atoms with Crippen LogP contribution < -0.4 is 5.32 Å². The van der Waals surface area contributed by atoms with E-state index in [2.05, 4.69) is 5.32 Å². The largest absolute Gasteiger partial charge is 0.416 e. The summed E-state index contributed by atoms with van der Waals surface area (Å²) in [6, 6.07) is 11.2. The van der Waals surface area contributed by atoms with Crippen LogP contribution in [0.15, 0.2) is 48.5 Å². The number of carbonyl (C=O) groups is 2. The van der Waals surface area contributed by atoms with Gasteiger partial charge in [-0.25, -0.2) is 0 Å². The van der Waals surface area contributed by atoms with Crippen molar-refractivity contribution < 1.29 is 22.8 Å². The molecule has 154 valence electrons. The molecule has 0 unspecified atom stereocenters. The lowest BCUT2D eigenvalue weighted by molar-refractivity contribution is -0.138. The number of hydrogen-bond acceptors (Lipinski definition) is 2. The minimum absolute atomic E-state index is 0.176. The Morgan fingerprint density at radius 1 is 1.10 bits per heavy atom. The van der Waals surface area contributed by atoms with E-state index in [1.165, 1.54) is 17.0 Å². The third-order valence-electron chi connectivity index (χ3n) is 4.87. The molecule has 1 aliphatic rings. The first-order chi connectivity index (χ1) is 13.7. The first kappa shape index (κ1) is 21.2. The monoisotopic (exact) mass is 424 g/mol. The van der Waals surface area contributed by atoms with E-state index in [0.29, 0.717) is 31.0 Å². The molecule has 29 heavy (non-hydrogen) atoms. The summed E-state index contributed by atoms with van der Waals surface area (Å²) >= 11 is 5.84. The van der Waals surface area contributed by atoms with Crippen LogP contribution in [0.3, 0.4) is 0 Å². The van der Waals surface area contributed by atoms with E-state index in [9.17, 15) is 22.8 Å². The quantitative estimate of drug-likeness (QED) is 0.781. The van der Waals surface area contributed by atoms with Gasteiger partial charge in [0.05, 0.1) is 12.0 Å². The van der Waals surface area contributed by atoms with Crippen LogP contribution in [0.4, 0.5) is 13.2 Å². The lowest BCUT2D eigenvalue weighted by atomic mass is 10.1. The second-order valence-corrected chi connectivity index (χ2v) is 7.40. The maximum absolute atomic E-state index is 12.9. The average Bonchev–Trinajstić information content (AvgIpc) is 3.17. The van der Waals surface area contributed by atoms with Crippen LogP contribution in [-0.4, -0.2) is 29.3 Å². The molecule has 1 atom stereocenters. The van der Waals surface area contributed by atoms with Gasteiger partial charge in [-0.3, -0.25) is 9.59 Å². The number of nitrogens with one attached hydrogen (secondary N) is 1. The fourth-order valence-electron chi connectivity index (χ4n) is 3.38. The molecule has 2 amide bonds. The maximum Gasteiger partial charge on any atom is 0.416 e. The van der Waals surface area contributed by atoms with Crippen molar-refractivity contribution in [1.29, 1.82) is 0 Å². The maximum atomic E-state index is 12.9. The Kier molecular flexibility index (Phi) is 6.47. The topological polar surface area (TPSA) is 49.4 Å². The van der Waals surface area contributed by atoms with Crippen molar-refractivity contribution in [2.45, 2.75) is 38.0 Å². The first-order valence-electron chi connectivity index (χ1n) is 9.22. The van der Waals surface area contributed by atoms with Crippen molar-refractivity contribution >= 4 is 23.4 Å². The van der Waals surface area contributed by atoms with Gasteiger partial charge in [0.1, 0.15) is 6.04 Å². The number of hydrogen-bond donors (Lipinski definition) is 1. The Morgan fingerprint density at radius 3 is 2.52 bits per heavy atom. The zero-order chi connectivity index (χ0) is 21.0. The van der Waals surface area contributed by atoms with Gasteiger partial charge in [0.25, 0.3) is 0 Å². The fraction of sp³-hybridized carbons (Fsp3) is 0.333. The van der Waals surface area contributed by atoms with Gasteiger partial charge in [-0.15, -0.1) is 0 Å². The molecule has 0 aliphatic carbocycles. The molecular formula is C21H20ClF3N2O2. The Hall–Kier alpha value is -2.54. The number of benzene rings is 2. The summed E-state index contributed by atoms with van der Waals surface area (Å²) in [5.41, 5.74) is 0.362. The molecule has 1 N–H and O–H groups in total. The van der Waals surface area contributed by atoms with E-state index in [1.54, 1.807) is 24.3 Å². The predicted molar refractivity (Wildman–Crippen MR) is 103 cm³/mol. The van der Waals surface area contributed by atoms with Crippen LogP contribution >= 0.6 is 11.6 Å². The molecule has 0 saturated carbocycles. The summed E-state index contributed by atoms with van der Waals surface area (Å²) in [5.74, 6) is -0.622. The van der Waals surface area contributed by atoms with Crippen LogP contribution in [-0.2, 0) is 28.7 Å². The molecule has 1 saturated heterocycles. The molecule has 1 fully saturated rings. The van der Waals surface area contributed by atoms with E-state index in [-0.39, 0.29) is 23.8 Å². The molecule has 0 aromatic heterocycles. The zero-order valence-electron chi connectivity index (χ0n) is 15.5. The van der Waals surface area contributed by atoms with Crippen molar-refractivity contribution in [3.63, 3.8) is 0 Å². The SMILES string of the molecule is O=C(NCc1ccc(Cl)cc1)[C@@H]1CCCN1C(=O)Cc1cccc(C(F)(F)F)c1. The van der Waals surface area contributed by atoms with E-state index < -0.39 is 17.8 Å². The van der Waals surface area contributed by atoms with Crippen molar-refractivity contribution in [2.75, 3.05) is 6.54 Å². The van der Waals surface area contributed by atoms with Crippen LogP contribution in [0.5, 0.6) is 0 Å². The molecule has 4 nitrogen and oxygen atoms in total. The number of amides is 2. The van der Waals surface area contributed by atoms with Crippen LogP contribution in [0.1, 0.15) is 29.5 Å². The van der Waals surface area contributed by atoms with Gasteiger partial charge in [-0.2, -0.15) is 13.2 Å². The van der Waals surface area contributed by atoms with Crippen molar-refractivity contribution in [3.05, 3.63) is 70.2 Å². The highest BCUT2D eigenvalue weighted by atomic mass is 35.5. The van der Waals surface area contributed by atoms with Crippen LogP contribution in [0.25, 0.3) is 0 Å².